The molecule has 1 aromatic carbocycles. The zero-order valence-electron chi connectivity index (χ0n) is 13.1. The van der Waals surface area contributed by atoms with Crippen LogP contribution in [0.2, 0.25) is 0 Å². The Hall–Kier alpha value is -0.900. The second-order valence-corrected chi connectivity index (χ2v) is 6.29. The summed E-state index contributed by atoms with van der Waals surface area (Å²) in [7, 11) is 0. The molecule has 1 fully saturated rings. The summed E-state index contributed by atoms with van der Waals surface area (Å²) in [6.45, 7) is 2.81. The predicted octanol–water partition coefficient (Wildman–Crippen LogP) is 3.21. The Kier molecular flexibility index (Phi) is 6.22. The number of ether oxygens (including phenoxy) is 1. The molecule has 21 heavy (non-hydrogen) atoms. The topological polar surface area (TPSA) is 55.5 Å². The van der Waals surface area contributed by atoms with Gasteiger partial charge in [0, 0.05) is 6.61 Å². The fourth-order valence-corrected chi connectivity index (χ4v) is 3.34. The molecule has 0 saturated heterocycles. The summed E-state index contributed by atoms with van der Waals surface area (Å²) >= 11 is 0. The summed E-state index contributed by atoms with van der Waals surface area (Å²) in [4.78, 5) is 0. The normalized spacial score (nSPS) is 25.5. The molecule has 3 N–H and O–H groups in total. The molecule has 3 nitrogen and oxygen atoms in total. The lowest BCUT2D eigenvalue weighted by Crippen LogP contribution is -2.42. The van der Waals surface area contributed by atoms with Crippen molar-refractivity contribution < 1.29 is 9.84 Å². The van der Waals surface area contributed by atoms with E-state index in [-0.39, 0.29) is 6.61 Å². The van der Waals surface area contributed by atoms with Crippen LogP contribution in [0.5, 0.6) is 0 Å². The van der Waals surface area contributed by atoms with Crippen LogP contribution in [0.25, 0.3) is 0 Å². The molecule has 0 heterocycles. The summed E-state index contributed by atoms with van der Waals surface area (Å²) in [5.74, 6) is 0.691. The number of aliphatic hydroxyl groups is 1. The highest BCUT2D eigenvalue weighted by atomic mass is 16.5. The van der Waals surface area contributed by atoms with Crippen LogP contribution in [0.1, 0.15) is 51.0 Å². The molecule has 0 aromatic heterocycles. The Labute approximate surface area is 128 Å². The second kappa shape index (κ2) is 7.92. The van der Waals surface area contributed by atoms with E-state index in [9.17, 15) is 5.11 Å². The molecule has 1 aliphatic rings. The maximum atomic E-state index is 9.69. The van der Waals surface area contributed by atoms with Gasteiger partial charge >= 0.3 is 0 Å². The van der Waals surface area contributed by atoms with Crippen molar-refractivity contribution in [2.75, 3.05) is 13.2 Å². The van der Waals surface area contributed by atoms with Crippen LogP contribution in [0.3, 0.4) is 0 Å². The van der Waals surface area contributed by atoms with Crippen LogP contribution < -0.4 is 5.73 Å². The predicted molar refractivity (Wildman–Crippen MR) is 86.0 cm³/mol. The fourth-order valence-electron chi connectivity index (χ4n) is 3.34. The first-order valence-corrected chi connectivity index (χ1v) is 8.26. The minimum atomic E-state index is -0.697. The molecule has 3 atom stereocenters. The van der Waals surface area contributed by atoms with Crippen LogP contribution in [-0.2, 0) is 10.3 Å². The maximum absolute atomic E-state index is 9.69. The number of aliphatic hydroxyl groups excluding tert-OH is 1. The molecule has 2 rings (SSSR count). The highest BCUT2D eigenvalue weighted by Crippen LogP contribution is 2.30. The van der Waals surface area contributed by atoms with E-state index in [2.05, 4.69) is 6.92 Å². The standard InChI is InChI=1S/C18H29NO2/c1-2-15-8-6-7-11-17(15)21-13-12-18(19,14-20)16-9-4-3-5-10-16/h3-5,9-10,15,17,20H,2,6-8,11-14,19H2,1H3. The first-order valence-electron chi connectivity index (χ1n) is 8.26. The van der Waals surface area contributed by atoms with Gasteiger partial charge in [-0.3, -0.25) is 0 Å². The van der Waals surface area contributed by atoms with Gasteiger partial charge < -0.3 is 15.6 Å². The molecule has 1 aromatic rings. The minimum Gasteiger partial charge on any atom is -0.394 e. The van der Waals surface area contributed by atoms with Gasteiger partial charge in [-0.15, -0.1) is 0 Å². The van der Waals surface area contributed by atoms with E-state index in [4.69, 9.17) is 10.5 Å². The number of nitrogens with two attached hydrogens (primary N) is 1. The third-order valence-corrected chi connectivity index (χ3v) is 4.87. The Morgan fingerprint density at radius 3 is 2.62 bits per heavy atom. The van der Waals surface area contributed by atoms with Crippen LogP contribution in [-0.4, -0.2) is 24.4 Å². The summed E-state index contributed by atoms with van der Waals surface area (Å²) in [5, 5.41) is 9.69. The van der Waals surface area contributed by atoms with E-state index >= 15 is 0 Å². The van der Waals surface area contributed by atoms with Gasteiger partial charge in [-0.25, -0.2) is 0 Å². The van der Waals surface area contributed by atoms with Crippen LogP contribution >= 0.6 is 0 Å². The fraction of sp³-hybridized carbons (Fsp3) is 0.667. The number of hydrogen-bond acceptors (Lipinski definition) is 3. The Morgan fingerprint density at radius 1 is 1.24 bits per heavy atom. The van der Waals surface area contributed by atoms with E-state index in [1.807, 2.05) is 30.3 Å². The van der Waals surface area contributed by atoms with Crippen molar-refractivity contribution in [1.82, 2.24) is 0 Å². The molecule has 0 radical (unpaired) electrons. The van der Waals surface area contributed by atoms with Gasteiger partial charge in [0.2, 0.25) is 0 Å². The molecule has 3 unspecified atom stereocenters. The Morgan fingerprint density at radius 2 is 1.95 bits per heavy atom. The summed E-state index contributed by atoms with van der Waals surface area (Å²) in [5.41, 5.74) is 6.65. The van der Waals surface area contributed by atoms with Crippen LogP contribution in [0.4, 0.5) is 0 Å². The molecule has 1 saturated carbocycles. The highest BCUT2D eigenvalue weighted by Gasteiger charge is 2.28. The lowest BCUT2D eigenvalue weighted by Gasteiger charge is -2.33. The third-order valence-electron chi connectivity index (χ3n) is 4.87. The molecular weight excluding hydrogens is 262 g/mol. The quantitative estimate of drug-likeness (QED) is 0.811. The van der Waals surface area contributed by atoms with Crippen molar-refractivity contribution in [1.29, 1.82) is 0 Å². The van der Waals surface area contributed by atoms with E-state index < -0.39 is 5.54 Å². The van der Waals surface area contributed by atoms with E-state index in [0.29, 0.717) is 25.0 Å². The molecule has 118 valence electrons. The summed E-state index contributed by atoms with van der Waals surface area (Å²) in [6.07, 6.45) is 7.28. The zero-order valence-corrected chi connectivity index (χ0v) is 13.1. The van der Waals surface area contributed by atoms with E-state index in [1.165, 1.54) is 32.1 Å². The van der Waals surface area contributed by atoms with Gasteiger partial charge in [-0.1, -0.05) is 56.5 Å². The minimum absolute atomic E-state index is 0.0533. The largest absolute Gasteiger partial charge is 0.394 e. The van der Waals surface area contributed by atoms with Crippen molar-refractivity contribution in [2.45, 2.75) is 57.1 Å². The van der Waals surface area contributed by atoms with Crippen LogP contribution in [0.15, 0.2) is 30.3 Å². The monoisotopic (exact) mass is 291 g/mol. The number of benzene rings is 1. The average Bonchev–Trinajstić information content (AvgIpc) is 2.56. The Balaban J connectivity index is 1.88. The molecule has 0 bridgehead atoms. The maximum Gasteiger partial charge on any atom is 0.0666 e. The second-order valence-electron chi connectivity index (χ2n) is 6.29. The third kappa shape index (κ3) is 4.29. The van der Waals surface area contributed by atoms with Crippen molar-refractivity contribution in [3.8, 4) is 0 Å². The number of hydrogen-bond donors (Lipinski definition) is 2. The van der Waals surface area contributed by atoms with Crippen LogP contribution in [0, 0.1) is 5.92 Å². The summed E-state index contributed by atoms with van der Waals surface area (Å²) < 4.78 is 6.11. The van der Waals surface area contributed by atoms with E-state index in [0.717, 1.165) is 5.56 Å². The molecule has 0 spiro atoms. The van der Waals surface area contributed by atoms with Crippen molar-refractivity contribution >= 4 is 0 Å². The smallest absolute Gasteiger partial charge is 0.0666 e. The highest BCUT2D eigenvalue weighted by molar-refractivity contribution is 5.23. The lowest BCUT2D eigenvalue weighted by atomic mass is 9.84. The van der Waals surface area contributed by atoms with Gasteiger partial charge in [0.05, 0.1) is 18.2 Å². The SMILES string of the molecule is CCC1CCCCC1OCCC(N)(CO)c1ccccc1. The molecule has 0 aliphatic heterocycles. The molecule has 0 amide bonds. The van der Waals surface area contributed by atoms with Crippen molar-refractivity contribution in [3.05, 3.63) is 35.9 Å². The van der Waals surface area contributed by atoms with Gasteiger partial charge in [0.1, 0.15) is 0 Å². The zero-order chi connectivity index (χ0) is 15.1. The van der Waals surface area contributed by atoms with E-state index in [1.54, 1.807) is 0 Å². The van der Waals surface area contributed by atoms with Gasteiger partial charge in [0.25, 0.3) is 0 Å². The lowest BCUT2D eigenvalue weighted by molar-refractivity contribution is -0.0222. The first-order chi connectivity index (χ1) is 10.2. The molecule has 3 heteroatoms. The molecular formula is C18H29NO2. The average molecular weight is 291 g/mol. The Bertz CT molecular complexity index is 409. The van der Waals surface area contributed by atoms with Crippen molar-refractivity contribution in [3.63, 3.8) is 0 Å². The molecule has 1 aliphatic carbocycles. The van der Waals surface area contributed by atoms with Crippen molar-refractivity contribution in [2.24, 2.45) is 11.7 Å². The van der Waals surface area contributed by atoms with Gasteiger partial charge in [0.15, 0.2) is 0 Å². The summed E-state index contributed by atoms with van der Waals surface area (Å²) in [6, 6.07) is 9.84. The first kappa shape index (κ1) is 16.5. The van der Waals surface area contributed by atoms with Gasteiger partial charge in [-0.05, 0) is 30.7 Å². The number of rotatable bonds is 7. The van der Waals surface area contributed by atoms with Gasteiger partial charge in [-0.2, -0.15) is 0 Å².